The second kappa shape index (κ2) is 17.3. The first-order valence-corrected chi connectivity index (χ1v) is 21.5. The molecule has 0 bridgehead atoms. The van der Waals surface area contributed by atoms with Crippen LogP contribution in [0.3, 0.4) is 0 Å². The molecule has 0 aliphatic carbocycles. The first-order chi connectivity index (χ1) is 34.9. The molecule has 0 spiro atoms. The van der Waals surface area contributed by atoms with Crippen LogP contribution in [-0.2, 0) is 26.5 Å². The summed E-state index contributed by atoms with van der Waals surface area (Å²) < 4.78 is 74.1. The van der Waals surface area contributed by atoms with Crippen LogP contribution in [0.15, 0.2) is 180 Å². The molecular formula is C60H46IrN4O-2. The molecule has 6 heteroatoms. The van der Waals surface area contributed by atoms with E-state index in [4.69, 9.17) is 25.4 Å². The van der Waals surface area contributed by atoms with Crippen LogP contribution in [0.5, 0.6) is 0 Å². The molecule has 12 rings (SSSR count). The maximum Gasteiger partial charge on any atom is 0.216 e. The molecule has 0 saturated carbocycles. The fourth-order valence-electron chi connectivity index (χ4n) is 8.80. The first kappa shape index (κ1) is 34.2. The van der Waals surface area contributed by atoms with Gasteiger partial charge in [0.1, 0.15) is 0 Å². The number of benzene rings is 8. The second-order valence-electron chi connectivity index (χ2n) is 17.1. The number of hydrogen-bond donors (Lipinski definition) is 0. The summed E-state index contributed by atoms with van der Waals surface area (Å²) in [5, 5.41) is 8.59. The monoisotopic (exact) mass is 1040 g/mol. The van der Waals surface area contributed by atoms with Crippen molar-refractivity contribution in [1.82, 2.24) is 19.5 Å². The molecule has 0 saturated heterocycles. The Balaban J connectivity index is 0.000000221. The minimum Gasteiger partial charge on any atom is -0.486 e. The van der Waals surface area contributed by atoms with Gasteiger partial charge in [-0.15, -0.1) is 54.1 Å². The number of imidazole rings is 1. The molecule has 66 heavy (non-hydrogen) atoms. The summed E-state index contributed by atoms with van der Waals surface area (Å²) in [6.07, 6.45) is -0.550. The van der Waals surface area contributed by atoms with Crippen LogP contribution in [-0.4, -0.2) is 19.5 Å². The van der Waals surface area contributed by atoms with Crippen molar-refractivity contribution in [1.29, 1.82) is 0 Å². The summed E-state index contributed by atoms with van der Waals surface area (Å²) in [6, 6.07) is 61.6. The molecule has 8 aromatic carbocycles. The number of aryl methyl sites for hydroxylation is 2. The Morgan fingerprint density at radius 2 is 1.30 bits per heavy atom. The van der Waals surface area contributed by atoms with Crippen LogP contribution in [0.25, 0.3) is 105 Å². The predicted octanol–water partition coefficient (Wildman–Crippen LogP) is 15.7. The second-order valence-corrected chi connectivity index (χ2v) is 17.1. The zero-order valence-corrected chi connectivity index (χ0v) is 38.7. The molecule has 5 nitrogen and oxygen atoms in total. The van der Waals surface area contributed by atoms with Crippen molar-refractivity contribution in [3.63, 3.8) is 0 Å². The average Bonchev–Trinajstić information content (AvgIpc) is 3.97. The van der Waals surface area contributed by atoms with E-state index in [1.165, 1.54) is 11.6 Å². The van der Waals surface area contributed by atoms with Gasteiger partial charge in [-0.2, -0.15) is 0 Å². The average molecular weight is 1040 g/mol. The van der Waals surface area contributed by atoms with Crippen molar-refractivity contribution in [2.75, 3.05) is 0 Å². The largest absolute Gasteiger partial charge is 0.486 e. The van der Waals surface area contributed by atoms with E-state index in [1.54, 1.807) is 45.0 Å². The third kappa shape index (κ3) is 7.76. The van der Waals surface area contributed by atoms with Gasteiger partial charge in [-0.3, -0.25) is 4.98 Å². The molecule has 1 radical (unpaired) electrons. The van der Waals surface area contributed by atoms with Crippen molar-refractivity contribution in [3.05, 3.63) is 205 Å². The summed E-state index contributed by atoms with van der Waals surface area (Å²) in [6.45, 7) is 0.474. The van der Waals surface area contributed by atoms with E-state index in [0.29, 0.717) is 45.0 Å². The van der Waals surface area contributed by atoms with E-state index in [-0.39, 0.29) is 36.8 Å². The molecule has 0 atom stereocenters. The van der Waals surface area contributed by atoms with E-state index in [1.807, 2.05) is 83.4 Å². The van der Waals surface area contributed by atoms with Gasteiger partial charge in [-0.25, -0.2) is 4.98 Å². The number of nitrogens with zero attached hydrogens (tertiary/aromatic N) is 4. The number of para-hydroxylation sites is 1. The van der Waals surface area contributed by atoms with E-state index in [2.05, 4.69) is 83.8 Å². The van der Waals surface area contributed by atoms with Crippen LogP contribution >= 0.6 is 0 Å². The number of furan rings is 1. The van der Waals surface area contributed by atoms with Crippen molar-refractivity contribution in [2.24, 2.45) is 5.41 Å². The Labute approximate surface area is 409 Å². The Morgan fingerprint density at radius 3 is 2.02 bits per heavy atom. The van der Waals surface area contributed by atoms with Gasteiger partial charge < -0.3 is 14.0 Å². The van der Waals surface area contributed by atoms with Crippen LogP contribution < -0.4 is 0 Å². The van der Waals surface area contributed by atoms with Crippen molar-refractivity contribution < 1.29 is 35.5 Å². The molecule has 4 aromatic heterocycles. The molecule has 0 N–H and O–H groups in total. The van der Waals surface area contributed by atoms with Crippen LogP contribution in [0.2, 0.25) is 0 Å². The molecule has 323 valence electrons. The van der Waals surface area contributed by atoms with Gasteiger partial charge in [0.05, 0.1) is 28.1 Å². The predicted molar refractivity (Wildman–Crippen MR) is 270 cm³/mol. The Kier molecular flexibility index (Phi) is 8.94. The van der Waals surface area contributed by atoms with Gasteiger partial charge in [-0.1, -0.05) is 140 Å². The zero-order chi connectivity index (χ0) is 51.0. The molecule has 0 amide bonds. The Hall–Kier alpha value is -7.24. The number of fused-ring (bicyclic) bond motifs is 10. The fraction of sp³-hybridized carbons (Fsp3) is 0.117. The smallest absolute Gasteiger partial charge is 0.216 e. The van der Waals surface area contributed by atoms with Gasteiger partial charge in [-0.05, 0) is 105 Å². The Bertz CT molecular complexity index is 4050. The minimum atomic E-state index is -2.42. The van der Waals surface area contributed by atoms with Crippen LogP contribution in [0.4, 0.5) is 0 Å². The maximum atomic E-state index is 8.51. The fourth-order valence-corrected chi connectivity index (χ4v) is 8.80. The zero-order valence-electron chi connectivity index (χ0n) is 44.3. The Morgan fingerprint density at radius 1 is 0.606 bits per heavy atom. The summed E-state index contributed by atoms with van der Waals surface area (Å²) in [4.78, 5) is 14.2. The van der Waals surface area contributed by atoms with Crippen molar-refractivity contribution >= 4 is 65.4 Å². The van der Waals surface area contributed by atoms with Crippen LogP contribution in [0.1, 0.15) is 48.4 Å². The van der Waals surface area contributed by atoms with Gasteiger partial charge >= 0.3 is 0 Å². The van der Waals surface area contributed by atoms with Gasteiger partial charge in [0.15, 0.2) is 0 Å². The molecule has 0 fully saturated rings. The van der Waals surface area contributed by atoms with E-state index in [9.17, 15) is 0 Å². The normalized spacial score (nSPS) is 14.0. The van der Waals surface area contributed by atoms with Crippen LogP contribution in [0, 0.1) is 31.3 Å². The molecule has 0 aliphatic rings. The standard InChI is InChI=1S/C43H26N3O.C17H20N.Ir/c1-26-11-9-20-39-40(26)46(28-21-22-33-31-16-6-5-14-29(31)30-15-7-8-17-32(30)37(33)25-28)42(44-39)36-19-10-18-34-35-23-24-38(27-12-3-2-4-13-27)45-43(35)47-41(34)36;1-13-12-18-16(14-8-6-5-7-9-14)10-15(13)11-17(2,3)4;/h2-18,20-25H,1H3;5-8,10,12H,11H2,1-4H3;/q2*-1;/i1D3;1D3,11D2;. The van der Waals surface area contributed by atoms with Gasteiger partial charge in [0.2, 0.25) is 5.71 Å². The summed E-state index contributed by atoms with van der Waals surface area (Å²) in [7, 11) is 0. The molecule has 0 aliphatic heterocycles. The molecular weight excluding hydrogens is 985 g/mol. The molecule has 12 aromatic rings. The van der Waals surface area contributed by atoms with Gasteiger partial charge in [0.25, 0.3) is 0 Å². The van der Waals surface area contributed by atoms with Gasteiger partial charge in [0, 0.05) is 53.9 Å². The third-order valence-electron chi connectivity index (χ3n) is 11.7. The number of pyridine rings is 2. The SMILES string of the molecule is [2H]C([2H])([2H])c1cccc2nc(-c3[c-]ccc4c3oc3nc(-c5ccccc5)ccc34)n(-c3ccc4c5ccccc5c5ccccc5c4c3)c12.[2H]C([2H])([2H])c1cnc(-c2[c-]cccc2)cc1C([2H])([2H])C(C)(C)C.[Ir]. The summed E-state index contributed by atoms with van der Waals surface area (Å²) in [5.41, 5.74) is 6.22. The third-order valence-corrected chi connectivity index (χ3v) is 11.7. The maximum absolute atomic E-state index is 8.51. The first-order valence-electron chi connectivity index (χ1n) is 25.5. The van der Waals surface area contributed by atoms with E-state index in [0.717, 1.165) is 54.6 Å². The topological polar surface area (TPSA) is 56.7 Å². The number of rotatable bonds is 5. The molecule has 4 heterocycles. The molecule has 0 unspecified atom stereocenters. The van der Waals surface area contributed by atoms with Crippen molar-refractivity contribution in [3.8, 4) is 39.6 Å². The number of aromatic nitrogens is 4. The quantitative estimate of drug-likeness (QED) is 0.127. The van der Waals surface area contributed by atoms with Crippen molar-refractivity contribution in [2.45, 2.75) is 40.8 Å². The van der Waals surface area contributed by atoms with E-state index < -0.39 is 25.5 Å². The van der Waals surface area contributed by atoms with E-state index >= 15 is 0 Å². The summed E-state index contributed by atoms with van der Waals surface area (Å²) in [5.74, 6) is 0.536. The minimum absolute atomic E-state index is 0. The number of hydrogen-bond acceptors (Lipinski definition) is 4. The summed E-state index contributed by atoms with van der Waals surface area (Å²) >= 11 is 0.